The van der Waals surface area contributed by atoms with Crippen LogP contribution in [0.2, 0.25) is 0 Å². The lowest BCUT2D eigenvalue weighted by atomic mass is 9.84. The molecule has 0 aliphatic rings. The van der Waals surface area contributed by atoms with Crippen LogP contribution in [0.15, 0.2) is 102 Å². The van der Waals surface area contributed by atoms with Gasteiger partial charge in [-0.15, -0.1) is 0 Å². The third-order valence-corrected chi connectivity index (χ3v) is 5.41. The Kier molecular flexibility index (Phi) is 5.24. The van der Waals surface area contributed by atoms with Gasteiger partial charge in [0, 0.05) is 4.47 Å². The van der Waals surface area contributed by atoms with Gasteiger partial charge in [-0.1, -0.05) is 106 Å². The molecular weight excluding hydrogens is 395 g/mol. The molecule has 1 nitrogen and oxygen atoms in total. The average molecular weight is 413 g/mol. The van der Waals surface area contributed by atoms with Crippen LogP contribution in [-0.4, -0.2) is 12.5 Å². The molecular formula is C24H18BBrO. The molecule has 130 valence electrons. The average Bonchev–Trinajstić information content (AvgIpc) is 2.75. The van der Waals surface area contributed by atoms with Crippen molar-refractivity contribution in [2.45, 2.75) is 0 Å². The molecule has 0 aliphatic carbocycles. The Morgan fingerprint density at radius 1 is 0.556 bits per heavy atom. The Balaban J connectivity index is 1.94. The van der Waals surface area contributed by atoms with Crippen molar-refractivity contribution in [2.24, 2.45) is 0 Å². The summed E-state index contributed by atoms with van der Waals surface area (Å²) in [6, 6.07) is 33.4. The maximum Gasteiger partial charge on any atom is 0.304 e. The van der Waals surface area contributed by atoms with E-state index < -0.39 is 0 Å². The van der Waals surface area contributed by atoms with Crippen LogP contribution in [0, 0.1) is 0 Å². The highest BCUT2D eigenvalue weighted by molar-refractivity contribution is 9.10. The molecule has 0 aliphatic heterocycles. The zero-order chi connectivity index (χ0) is 18.6. The summed E-state index contributed by atoms with van der Waals surface area (Å²) >= 11 is 3.68. The van der Waals surface area contributed by atoms with Crippen molar-refractivity contribution in [1.29, 1.82) is 0 Å². The van der Waals surface area contributed by atoms with Crippen LogP contribution in [0.25, 0.3) is 33.4 Å². The molecule has 4 aromatic rings. The number of hydrogen-bond acceptors (Lipinski definition) is 1. The standard InChI is InChI=1S/C24H18BBrO/c26-24-14-12-20(25-27)16-23(24)21-13-11-19(17-7-3-1-4-8-17)15-22(21)18-9-5-2-6-10-18/h1-16,25,27H. The van der Waals surface area contributed by atoms with Crippen LogP contribution in [-0.2, 0) is 0 Å². The quantitative estimate of drug-likeness (QED) is 0.443. The van der Waals surface area contributed by atoms with Crippen molar-refractivity contribution < 1.29 is 5.02 Å². The van der Waals surface area contributed by atoms with Gasteiger partial charge in [0.15, 0.2) is 0 Å². The summed E-state index contributed by atoms with van der Waals surface area (Å²) in [7, 11) is 0.0308. The van der Waals surface area contributed by atoms with E-state index in [4.69, 9.17) is 0 Å². The van der Waals surface area contributed by atoms with Crippen molar-refractivity contribution in [1.82, 2.24) is 0 Å². The first-order chi connectivity index (χ1) is 13.3. The van der Waals surface area contributed by atoms with Gasteiger partial charge in [-0.05, 0) is 45.5 Å². The third kappa shape index (κ3) is 3.75. The van der Waals surface area contributed by atoms with Crippen LogP contribution in [0.1, 0.15) is 0 Å². The summed E-state index contributed by atoms with van der Waals surface area (Å²) in [5, 5.41) is 9.56. The lowest BCUT2D eigenvalue weighted by Crippen LogP contribution is -2.13. The van der Waals surface area contributed by atoms with Crippen molar-refractivity contribution in [3.8, 4) is 33.4 Å². The summed E-state index contributed by atoms with van der Waals surface area (Å²) in [5.74, 6) is 0. The SMILES string of the molecule is OBc1ccc(Br)c(-c2ccc(-c3ccccc3)cc2-c2ccccc2)c1. The van der Waals surface area contributed by atoms with Gasteiger partial charge in [-0.3, -0.25) is 0 Å². The van der Waals surface area contributed by atoms with Crippen LogP contribution in [0.3, 0.4) is 0 Å². The highest BCUT2D eigenvalue weighted by atomic mass is 79.9. The molecule has 0 saturated carbocycles. The minimum absolute atomic E-state index is 0.0308. The van der Waals surface area contributed by atoms with E-state index >= 15 is 0 Å². The van der Waals surface area contributed by atoms with E-state index in [1.54, 1.807) is 0 Å². The van der Waals surface area contributed by atoms with Gasteiger partial charge in [-0.25, -0.2) is 0 Å². The van der Waals surface area contributed by atoms with Gasteiger partial charge >= 0.3 is 7.48 Å². The molecule has 0 spiro atoms. The second-order valence-corrected chi connectivity index (χ2v) is 7.32. The number of benzene rings is 4. The highest BCUT2D eigenvalue weighted by Gasteiger charge is 2.13. The predicted octanol–water partition coefficient (Wildman–Crippen LogP) is 5.42. The number of rotatable bonds is 4. The molecule has 0 saturated heterocycles. The molecule has 0 atom stereocenters. The largest absolute Gasteiger partial charge is 0.449 e. The van der Waals surface area contributed by atoms with Crippen LogP contribution in [0.4, 0.5) is 0 Å². The Hall–Kier alpha value is -2.62. The first-order valence-electron chi connectivity index (χ1n) is 8.91. The molecule has 4 rings (SSSR count). The molecule has 0 amide bonds. The summed E-state index contributed by atoms with van der Waals surface area (Å²) in [5.41, 5.74) is 7.86. The molecule has 0 heterocycles. The Morgan fingerprint density at radius 2 is 1.22 bits per heavy atom. The topological polar surface area (TPSA) is 20.2 Å². The minimum atomic E-state index is 0.0308. The van der Waals surface area contributed by atoms with Gasteiger partial charge in [0.1, 0.15) is 0 Å². The molecule has 0 fully saturated rings. The predicted molar refractivity (Wildman–Crippen MR) is 119 cm³/mol. The monoisotopic (exact) mass is 412 g/mol. The molecule has 0 unspecified atom stereocenters. The van der Waals surface area contributed by atoms with E-state index in [1.807, 2.05) is 30.3 Å². The van der Waals surface area contributed by atoms with Gasteiger partial charge in [0.05, 0.1) is 0 Å². The van der Waals surface area contributed by atoms with E-state index in [2.05, 4.69) is 82.7 Å². The first kappa shape index (κ1) is 17.8. The summed E-state index contributed by atoms with van der Waals surface area (Å²) in [6.07, 6.45) is 0. The van der Waals surface area contributed by atoms with Crippen molar-refractivity contribution in [2.75, 3.05) is 0 Å². The molecule has 0 bridgehead atoms. The van der Waals surface area contributed by atoms with Gasteiger partial charge < -0.3 is 5.02 Å². The fourth-order valence-electron chi connectivity index (χ4n) is 3.32. The van der Waals surface area contributed by atoms with Crippen LogP contribution >= 0.6 is 15.9 Å². The third-order valence-electron chi connectivity index (χ3n) is 4.72. The van der Waals surface area contributed by atoms with Crippen molar-refractivity contribution >= 4 is 28.9 Å². The van der Waals surface area contributed by atoms with Gasteiger partial charge in [-0.2, -0.15) is 0 Å². The number of hydrogen-bond donors (Lipinski definition) is 1. The van der Waals surface area contributed by atoms with Crippen LogP contribution in [0.5, 0.6) is 0 Å². The summed E-state index contributed by atoms with van der Waals surface area (Å²) in [6.45, 7) is 0. The van der Waals surface area contributed by atoms with E-state index in [0.29, 0.717) is 0 Å². The minimum Gasteiger partial charge on any atom is -0.449 e. The zero-order valence-corrected chi connectivity index (χ0v) is 16.4. The molecule has 27 heavy (non-hydrogen) atoms. The molecule has 4 aromatic carbocycles. The van der Waals surface area contributed by atoms with Crippen molar-refractivity contribution in [3.63, 3.8) is 0 Å². The van der Waals surface area contributed by atoms with Gasteiger partial charge in [0.25, 0.3) is 0 Å². The van der Waals surface area contributed by atoms with Crippen LogP contribution < -0.4 is 5.46 Å². The lowest BCUT2D eigenvalue weighted by Gasteiger charge is -2.15. The highest BCUT2D eigenvalue weighted by Crippen LogP contribution is 2.38. The Labute approximate surface area is 168 Å². The maximum atomic E-state index is 9.56. The maximum absolute atomic E-state index is 9.56. The summed E-state index contributed by atoms with van der Waals surface area (Å²) in [4.78, 5) is 0. The molecule has 0 radical (unpaired) electrons. The van der Waals surface area contributed by atoms with Crippen molar-refractivity contribution in [3.05, 3.63) is 102 Å². The van der Waals surface area contributed by atoms with E-state index in [9.17, 15) is 5.02 Å². The fourth-order valence-corrected chi connectivity index (χ4v) is 3.78. The lowest BCUT2D eigenvalue weighted by molar-refractivity contribution is 0.615. The van der Waals surface area contributed by atoms with Gasteiger partial charge in [0.2, 0.25) is 0 Å². The first-order valence-corrected chi connectivity index (χ1v) is 9.70. The Bertz CT molecular complexity index is 1060. The second-order valence-electron chi connectivity index (χ2n) is 6.46. The summed E-state index contributed by atoms with van der Waals surface area (Å²) < 4.78 is 1.02. The smallest absolute Gasteiger partial charge is 0.304 e. The molecule has 3 heteroatoms. The molecule has 0 aromatic heterocycles. The zero-order valence-electron chi connectivity index (χ0n) is 14.8. The van der Waals surface area contributed by atoms with E-state index in [1.165, 1.54) is 22.3 Å². The molecule has 1 N–H and O–H groups in total. The Morgan fingerprint density at radius 3 is 1.89 bits per heavy atom. The normalized spacial score (nSPS) is 10.6. The van der Waals surface area contributed by atoms with E-state index in [-0.39, 0.29) is 7.48 Å². The number of halogens is 1. The van der Waals surface area contributed by atoms with E-state index in [0.717, 1.165) is 21.1 Å². The fraction of sp³-hybridized carbons (Fsp3) is 0. The second kappa shape index (κ2) is 7.95.